The Balaban J connectivity index is 2.10. The molecule has 0 unspecified atom stereocenters. The van der Waals surface area contributed by atoms with Gasteiger partial charge >= 0.3 is 6.36 Å². The molecular formula is C13H11F3N2O2. The molecular weight excluding hydrogens is 273 g/mol. The van der Waals surface area contributed by atoms with Gasteiger partial charge in [0.2, 0.25) is 5.43 Å². The molecule has 0 spiro atoms. The minimum atomic E-state index is -4.70. The van der Waals surface area contributed by atoms with Crippen LogP contribution in [0.2, 0.25) is 0 Å². The quantitative estimate of drug-likeness (QED) is 0.941. The highest BCUT2D eigenvalue weighted by Gasteiger charge is 2.30. The van der Waals surface area contributed by atoms with Crippen molar-refractivity contribution in [2.45, 2.75) is 12.9 Å². The SMILES string of the molecule is Nc1cn(Cc2ccc(OC(F)(F)F)cc2)ccc1=O. The highest BCUT2D eigenvalue weighted by atomic mass is 19.4. The average molecular weight is 284 g/mol. The third-order valence-corrected chi connectivity index (χ3v) is 2.53. The Labute approximate surface area is 112 Å². The number of rotatable bonds is 3. The van der Waals surface area contributed by atoms with E-state index in [4.69, 9.17) is 5.73 Å². The summed E-state index contributed by atoms with van der Waals surface area (Å²) in [4.78, 5) is 11.1. The van der Waals surface area contributed by atoms with Gasteiger partial charge in [0, 0.05) is 25.0 Å². The van der Waals surface area contributed by atoms with E-state index >= 15 is 0 Å². The third-order valence-electron chi connectivity index (χ3n) is 2.53. The molecule has 0 saturated carbocycles. The van der Waals surface area contributed by atoms with Crippen LogP contribution < -0.4 is 15.9 Å². The van der Waals surface area contributed by atoms with E-state index in [0.717, 1.165) is 5.56 Å². The van der Waals surface area contributed by atoms with Gasteiger partial charge in [0.1, 0.15) is 5.75 Å². The molecule has 1 aromatic heterocycles. The maximum atomic E-state index is 12.0. The summed E-state index contributed by atoms with van der Waals surface area (Å²) in [7, 11) is 0. The summed E-state index contributed by atoms with van der Waals surface area (Å²) in [6.45, 7) is 0.386. The maximum absolute atomic E-state index is 12.0. The maximum Gasteiger partial charge on any atom is 0.573 e. The molecule has 7 heteroatoms. The summed E-state index contributed by atoms with van der Waals surface area (Å²) in [5, 5.41) is 0. The predicted molar refractivity (Wildman–Crippen MR) is 67.3 cm³/mol. The number of nitrogens with two attached hydrogens (primary N) is 1. The monoisotopic (exact) mass is 284 g/mol. The molecule has 0 bridgehead atoms. The van der Waals surface area contributed by atoms with Crippen molar-refractivity contribution in [3.05, 3.63) is 58.5 Å². The molecule has 0 atom stereocenters. The molecule has 0 aliphatic heterocycles. The van der Waals surface area contributed by atoms with Crippen LogP contribution in [-0.4, -0.2) is 10.9 Å². The zero-order valence-corrected chi connectivity index (χ0v) is 10.2. The highest BCUT2D eigenvalue weighted by Crippen LogP contribution is 2.22. The van der Waals surface area contributed by atoms with Crippen molar-refractivity contribution in [2.75, 3.05) is 5.73 Å². The second-order valence-electron chi connectivity index (χ2n) is 4.13. The molecule has 0 radical (unpaired) electrons. The van der Waals surface area contributed by atoms with Crippen LogP contribution in [0.4, 0.5) is 18.9 Å². The number of nitrogen functional groups attached to an aromatic ring is 1. The second kappa shape index (κ2) is 5.28. The highest BCUT2D eigenvalue weighted by molar-refractivity contribution is 5.34. The van der Waals surface area contributed by atoms with Crippen molar-refractivity contribution < 1.29 is 17.9 Å². The molecule has 0 aliphatic rings. The van der Waals surface area contributed by atoms with E-state index < -0.39 is 6.36 Å². The van der Waals surface area contributed by atoms with E-state index in [1.54, 1.807) is 10.8 Å². The summed E-state index contributed by atoms with van der Waals surface area (Å²) >= 11 is 0. The molecule has 0 amide bonds. The van der Waals surface area contributed by atoms with E-state index in [1.165, 1.54) is 36.5 Å². The number of alkyl halides is 3. The minimum Gasteiger partial charge on any atom is -0.406 e. The minimum absolute atomic E-state index is 0.115. The fraction of sp³-hybridized carbons (Fsp3) is 0.154. The summed E-state index contributed by atoms with van der Waals surface area (Å²) in [6, 6.07) is 6.81. The molecule has 0 fully saturated rings. The van der Waals surface area contributed by atoms with Gasteiger partial charge in [-0.1, -0.05) is 12.1 Å². The number of halogens is 3. The molecule has 2 aromatic rings. The zero-order chi connectivity index (χ0) is 14.8. The standard InChI is InChI=1S/C13H11F3N2O2/c14-13(15,16)20-10-3-1-9(2-4-10)7-18-6-5-12(19)11(17)8-18/h1-6,8H,7,17H2. The van der Waals surface area contributed by atoms with Gasteiger partial charge in [-0.15, -0.1) is 13.2 Å². The van der Waals surface area contributed by atoms with E-state index in [9.17, 15) is 18.0 Å². The number of pyridine rings is 1. The number of aromatic nitrogens is 1. The normalized spacial score (nSPS) is 11.3. The summed E-state index contributed by atoms with van der Waals surface area (Å²) in [6.07, 6.45) is -1.67. The van der Waals surface area contributed by atoms with E-state index in [2.05, 4.69) is 4.74 Å². The van der Waals surface area contributed by atoms with Gasteiger partial charge in [-0.25, -0.2) is 0 Å². The summed E-state index contributed by atoms with van der Waals surface area (Å²) in [5.74, 6) is -0.277. The van der Waals surface area contributed by atoms with Gasteiger partial charge in [-0.2, -0.15) is 0 Å². The van der Waals surface area contributed by atoms with Gasteiger partial charge in [0.15, 0.2) is 0 Å². The molecule has 1 aromatic carbocycles. The number of anilines is 1. The number of ether oxygens (including phenoxy) is 1. The lowest BCUT2D eigenvalue weighted by atomic mass is 10.2. The molecule has 2 N–H and O–H groups in total. The van der Waals surface area contributed by atoms with Crippen LogP contribution in [-0.2, 0) is 6.54 Å². The van der Waals surface area contributed by atoms with Crippen LogP contribution in [0.3, 0.4) is 0 Å². The zero-order valence-electron chi connectivity index (χ0n) is 10.2. The van der Waals surface area contributed by atoms with Gasteiger partial charge in [-0.3, -0.25) is 4.79 Å². The lowest BCUT2D eigenvalue weighted by Gasteiger charge is -2.10. The molecule has 20 heavy (non-hydrogen) atoms. The van der Waals surface area contributed by atoms with Crippen LogP contribution >= 0.6 is 0 Å². The van der Waals surface area contributed by atoms with E-state index in [1.807, 2.05) is 0 Å². The Kier molecular flexibility index (Phi) is 3.69. The van der Waals surface area contributed by atoms with Crippen molar-refractivity contribution in [1.82, 2.24) is 4.57 Å². The Morgan fingerprint density at radius 1 is 1.15 bits per heavy atom. The van der Waals surface area contributed by atoms with E-state index in [0.29, 0.717) is 6.54 Å². The van der Waals surface area contributed by atoms with Crippen molar-refractivity contribution >= 4 is 5.69 Å². The summed E-state index contributed by atoms with van der Waals surface area (Å²) in [5.41, 5.74) is 6.09. The molecule has 4 nitrogen and oxygen atoms in total. The molecule has 0 aliphatic carbocycles. The Hall–Kier alpha value is -2.44. The van der Waals surface area contributed by atoms with Crippen LogP contribution in [0.1, 0.15) is 5.56 Å². The lowest BCUT2D eigenvalue weighted by Crippen LogP contribution is -2.17. The van der Waals surface area contributed by atoms with Crippen LogP contribution in [0.25, 0.3) is 0 Å². The number of nitrogens with zero attached hydrogens (tertiary/aromatic N) is 1. The molecule has 0 saturated heterocycles. The Morgan fingerprint density at radius 3 is 2.35 bits per heavy atom. The average Bonchev–Trinajstić information content (AvgIpc) is 2.35. The van der Waals surface area contributed by atoms with Gasteiger partial charge in [0.25, 0.3) is 0 Å². The van der Waals surface area contributed by atoms with Crippen molar-refractivity contribution in [2.24, 2.45) is 0 Å². The predicted octanol–water partition coefficient (Wildman–Crippen LogP) is 2.38. The molecule has 106 valence electrons. The molecule has 1 heterocycles. The van der Waals surface area contributed by atoms with Gasteiger partial charge < -0.3 is 15.0 Å². The van der Waals surface area contributed by atoms with E-state index in [-0.39, 0.29) is 16.9 Å². The topological polar surface area (TPSA) is 57.2 Å². The van der Waals surface area contributed by atoms with Crippen molar-refractivity contribution in [1.29, 1.82) is 0 Å². The number of hydrogen-bond donors (Lipinski definition) is 1. The first-order chi connectivity index (χ1) is 9.33. The first kappa shape index (κ1) is 14.0. The Morgan fingerprint density at radius 2 is 1.80 bits per heavy atom. The second-order valence-corrected chi connectivity index (χ2v) is 4.13. The number of hydrogen-bond acceptors (Lipinski definition) is 3. The van der Waals surface area contributed by atoms with Crippen molar-refractivity contribution in [3.63, 3.8) is 0 Å². The van der Waals surface area contributed by atoms with Crippen molar-refractivity contribution in [3.8, 4) is 5.75 Å². The van der Waals surface area contributed by atoms with Gasteiger partial charge in [0.05, 0.1) is 5.69 Å². The molecule has 2 rings (SSSR count). The van der Waals surface area contributed by atoms with Crippen LogP contribution in [0, 0.1) is 0 Å². The number of benzene rings is 1. The first-order valence-corrected chi connectivity index (χ1v) is 5.64. The third kappa shape index (κ3) is 3.78. The van der Waals surface area contributed by atoms with Crippen LogP contribution in [0.5, 0.6) is 5.75 Å². The van der Waals surface area contributed by atoms with Crippen LogP contribution in [0.15, 0.2) is 47.5 Å². The smallest absolute Gasteiger partial charge is 0.406 e. The lowest BCUT2D eigenvalue weighted by molar-refractivity contribution is -0.274. The van der Waals surface area contributed by atoms with Gasteiger partial charge in [-0.05, 0) is 17.7 Å². The first-order valence-electron chi connectivity index (χ1n) is 5.64. The summed E-state index contributed by atoms with van der Waals surface area (Å²) < 4.78 is 41.4. The largest absolute Gasteiger partial charge is 0.573 e. The fourth-order valence-corrected chi connectivity index (χ4v) is 1.65. The Bertz CT molecular complexity index is 648. The fourth-order valence-electron chi connectivity index (χ4n) is 1.65.